The Morgan fingerprint density at radius 1 is 1.21 bits per heavy atom. The molecule has 0 spiro atoms. The van der Waals surface area contributed by atoms with Crippen LogP contribution in [0.25, 0.3) is 0 Å². The van der Waals surface area contributed by atoms with Crippen LogP contribution in [0, 0.1) is 5.92 Å². The third-order valence-corrected chi connectivity index (χ3v) is 4.50. The number of likely N-dealkylation sites (tertiary alicyclic amines) is 1. The molecule has 0 aliphatic carbocycles. The third-order valence-electron chi connectivity index (χ3n) is 4.50. The van der Waals surface area contributed by atoms with E-state index < -0.39 is 0 Å². The minimum atomic E-state index is 0.711. The van der Waals surface area contributed by atoms with Crippen LogP contribution in [0.3, 0.4) is 0 Å². The fourth-order valence-electron chi connectivity index (χ4n) is 3.31. The minimum absolute atomic E-state index is 0.711. The van der Waals surface area contributed by atoms with Crippen LogP contribution in [0.2, 0.25) is 0 Å². The maximum atomic E-state index is 5.71. The highest BCUT2D eigenvalue weighted by Gasteiger charge is 2.23. The highest BCUT2D eigenvalue weighted by atomic mass is 15.2. The van der Waals surface area contributed by atoms with Crippen LogP contribution in [0.1, 0.15) is 38.2 Å². The van der Waals surface area contributed by atoms with Crippen molar-refractivity contribution in [2.24, 2.45) is 11.7 Å². The second-order valence-corrected chi connectivity index (χ2v) is 5.81. The number of rotatable bonds is 6. The SMILES string of the molecule is CCC(CCN)N1CCC(Cc2ccccc2)CC1. The molecule has 1 aliphatic rings. The molecule has 2 heteroatoms. The molecule has 0 amide bonds. The molecule has 0 aromatic heterocycles. The van der Waals surface area contributed by atoms with Crippen LogP contribution in [-0.2, 0) is 6.42 Å². The van der Waals surface area contributed by atoms with Gasteiger partial charge in [0.1, 0.15) is 0 Å². The van der Waals surface area contributed by atoms with Crippen molar-refractivity contribution in [3.63, 3.8) is 0 Å². The smallest absolute Gasteiger partial charge is 0.0105 e. The molecule has 0 bridgehead atoms. The summed E-state index contributed by atoms with van der Waals surface area (Å²) in [6.07, 6.45) is 6.33. The van der Waals surface area contributed by atoms with Crippen LogP contribution in [0.15, 0.2) is 30.3 Å². The van der Waals surface area contributed by atoms with Gasteiger partial charge in [-0.3, -0.25) is 0 Å². The summed E-state index contributed by atoms with van der Waals surface area (Å²) < 4.78 is 0. The molecule has 2 nitrogen and oxygen atoms in total. The summed E-state index contributed by atoms with van der Waals surface area (Å²) in [6, 6.07) is 11.6. The molecule has 2 N–H and O–H groups in total. The van der Waals surface area contributed by atoms with Gasteiger partial charge in [0.05, 0.1) is 0 Å². The Morgan fingerprint density at radius 2 is 1.89 bits per heavy atom. The molecule has 106 valence electrons. The lowest BCUT2D eigenvalue weighted by molar-refractivity contribution is 0.124. The molecule has 0 saturated carbocycles. The van der Waals surface area contributed by atoms with E-state index in [1.807, 2.05) is 0 Å². The largest absolute Gasteiger partial charge is 0.330 e. The molecule has 1 heterocycles. The van der Waals surface area contributed by atoms with Gasteiger partial charge in [0.15, 0.2) is 0 Å². The van der Waals surface area contributed by atoms with Gasteiger partial charge in [-0.1, -0.05) is 37.3 Å². The molecular weight excluding hydrogens is 232 g/mol. The summed E-state index contributed by atoms with van der Waals surface area (Å²) in [5.41, 5.74) is 7.21. The first kappa shape index (κ1) is 14.5. The Morgan fingerprint density at radius 3 is 2.47 bits per heavy atom. The zero-order valence-corrected chi connectivity index (χ0v) is 12.2. The molecule has 0 radical (unpaired) electrons. The van der Waals surface area contributed by atoms with Gasteiger partial charge >= 0.3 is 0 Å². The Hall–Kier alpha value is -0.860. The first-order valence-corrected chi connectivity index (χ1v) is 7.81. The lowest BCUT2D eigenvalue weighted by Crippen LogP contribution is -2.42. The highest BCUT2D eigenvalue weighted by molar-refractivity contribution is 5.15. The average Bonchev–Trinajstić information content (AvgIpc) is 2.47. The van der Waals surface area contributed by atoms with Crippen LogP contribution >= 0.6 is 0 Å². The molecule has 1 fully saturated rings. The fourth-order valence-corrected chi connectivity index (χ4v) is 3.31. The van der Waals surface area contributed by atoms with Crippen LogP contribution in [0.5, 0.6) is 0 Å². The quantitative estimate of drug-likeness (QED) is 0.851. The van der Waals surface area contributed by atoms with Gasteiger partial charge < -0.3 is 10.6 Å². The highest BCUT2D eigenvalue weighted by Crippen LogP contribution is 2.24. The van der Waals surface area contributed by atoms with Crippen LogP contribution in [-0.4, -0.2) is 30.6 Å². The molecule has 1 aliphatic heterocycles. The average molecular weight is 260 g/mol. The molecule has 1 unspecified atom stereocenters. The van der Waals surface area contributed by atoms with Crippen molar-refractivity contribution in [1.29, 1.82) is 0 Å². The van der Waals surface area contributed by atoms with Crippen LogP contribution in [0.4, 0.5) is 0 Å². The maximum Gasteiger partial charge on any atom is 0.0105 e. The van der Waals surface area contributed by atoms with Gasteiger partial charge in [0.25, 0.3) is 0 Å². The Bertz CT molecular complexity index is 342. The van der Waals surface area contributed by atoms with Gasteiger partial charge in [-0.2, -0.15) is 0 Å². The monoisotopic (exact) mass is 260 g/mol. The van der Waals surface area contributed by atoms with Crippen molar-refractivity contribution < 1.29 is 0 Å². The summed E-state index contributed by atoms with van der Waals surface area (Å²) in [7, 11) is 0. The first-order valence-electron chi connectivity index (χ1n) is 7.81. The van der Waals surface area contributed by atoms with Crippen molar-refractivity contribution in [1.82, 2.24) is 4.90 Å². The van der Waals surface area contributed by atoms with E-state index in [0.29, 0.717) is 6.04 Å². The van der Waals surface area contributed by atoms with Gasteiger partial charge in [0, 0.05) is 6.04 Å². The Labute approximate surface area is 118 Å². The Kier molecular flexibility index (Phi) is 5.87. The van der Waals surface area contributed by atoms with Crippen molar-refractivity contribution in [3.8, 4) is 0 Å². The van der Waals surface area contributed by atoms with E-state index in [4.69, 9.17) is 5.73 Å². The standard InChI is InChI=1S/C17H28N2/c1-2-17(8-11-18)19-12-9-16(10-13-19)14-15-6-4-3-5-7-15/h3-7,16-17H,2,8-14,18H2,1H3. The maximum absolute atomic E-state index is 5.71. The fraction of sp³-hybridized carbons (Fsp3) is 0.647. The summed E-state index contributed by atoms with van der Waals surface area (Å²) >= 11 is 0. The predicted octanol–water partition coefficient (Wildman–Crippen LogP) is 3.07. The van der Waals surface area contributed by atoms with Gasteiger partial charge in [-0.05, 0) is 63.2 Å². The zero-order valence-electron chi connectivity index (χ0n) is 12.2. The van der Waals surface area contributed by atoms with E-state index in [9.17, 15) is 0 Å². The van der Waals surface area contributed by atoms with E-state index in [1.54, 1.807) is 0 Å². The predicted molar refractivity (Wildman–Crippen MR) is 82.2 cm³/mol. The Balaban J connectivity index is 1.79. The molecule has 2 rings (SSSR count). The normalized spacial score (nSPS) is 19.5. The molecule has 1 aromatic carbocycles. The topological polar surface area (TPSA) is 29.3 Å². The number of hydrogen-bond acceptors (Lipinski definition) is 2. The molecule has 19 heavy (non-hydrogen) atoms. The summed E-state index contributed by atoms with van der Waals surface area (Å²) in [6.45, 7) is 5.63. The van der Waals surface area contributed by atoms with Crippen molar-refractivity contribution in [2.45, 2.75) is 45.1 Å². The minimum Gasteiger partial charge on any atom is -0.330 e. The second-order valence-electron chi connectivity index (χ2n) is 5.81. The molecule has 1 aromatic rings. The van der Waals surface area contributed by atoms with E-state index in [0.717, 1.165) is 18.9 Å². The summed E-state index contributed by atoms with van der Waals surface area (Å²) in [5, 5.41) is 0. The van der Waals surface area contributed by atoms with E-state index >= 15 is 0 Å². The van der Waals surface area contributed by atoms with Crippen molar-refractivity contribution in [3.05, 3.63) is 35.9 Å². The summed E-state index contributed by atoms with van der Waals surface area (Å²) in [4.78, 5) is 2.66. The number of piperidine rings is 1. The third kappa shape index (κ3) is 4.32. The number of benzene rings is 1. The van der Waals surface area contributed by atoms with Gasteiger partial charge in [0.2, 0.25) is 0 Å². The van der Waals surface area contributed by atoms with Crippen LogP contribution < -0.4 is 5.73 Å². The van der Waals surface area contributed by atoms with E-state index in [2.05, 4.69) is 42.2 Å². The van der Waals surface area contributed by atoms with Gasteiger partial charge in [-0.15, -0.1) is 0 Å². The summed E-state index contributed by atoms with van der Waals surface area (Å²) in [5.74, 6) is 0.869. The van der Waals surface area contributed by atoms with E-state index in [-0.39, 0.29) is 0 Å². The van der Waals surface area contributed by atoms with E-state index in [1.165, 1.54) is 44.3 Å². The molecule has 1 saturated heterocycles. The first-order chi connectivity index (χ1) is 9.33. The molecular formula is C17H28N2. The van der Waals surface area contributed by atoms with Gasteiger partial charge in [-0.25, -0.2) is 0 Å². The lowest BCUT2D eigenvalue weighted by Gasteiger charge is -2.37. The lowest BCUT2D eigenvalue weighted by atomic mass is 9.89. The number of nitrogens with two attached hydrogens (primary N) is 1. The zero-order chi connectivity index (χ0) is 13.5. The second kappa shape index (κ2) is 7.66. The van der Waals surface area contributed by atoms with Crippen molar-refractivity contribution >= 4 is 0 Å². The number of nitrogens with zero attached hydrogens (tertiary/aromatic N) is 1. The molecule has 1 atom stereocenters. The number of hydrogen-bond donors (Lipinski definition) is 1. The van der Waals surface area contributed by atoms with Crippen molar-refractivity contribution in [2.75, 3.05) is 19.6 Å².